The van der Waals surface area contributed by atoms with Crippen LogP contribution in [0.3, 0.4) is 0 Å². The quantitative estimate of drug-likeness (QED) is 0.849. The van der Waals surface area contributed by atoms with Crippen molar-refractivity contribution in [3.8, 4) is 5.75 Å². The van der Waals surface area contributed by atoms with E-state index >= 15 is 0 Å². The van der Waals surface area contributed by atoms with Crippen molar-refractivity contribution in [1.29, 1.82) is 0 Å². The number of ether oxygens (including phenoxy) is 1. The van der Waals surface area contributed by atoms with Crippen LogP contribution in [0.25, 0.3) is 10.8 Å². The number of aliphatic carboxylic acids is 1. The lowest BCUT2D eigenvalue weighted by molar-refractivity contribution is -0.146. The van der Waals surface area contributed by atoms with Gasteiger partial charge >= 0.3 is 5.97 Å². The summed E-state index contributed by atoms with van der Waals surface area (Å²) < 4.78 is 5.19. The molecule has 88 valence electrons. The van der Waals surface area contributed by atoms with Crippen molar-refractivity contribution in [3.63, 3.8) is 0 Å². The van der Waals surface area contributed by atoms with Crippen molar-refractivity contribution in [2.75, 3.05) is 7.11 Å². The first-order valence-electron chi connectivity index (χ1n) is 5.11. The molecule has 0 amide bonds. The molecule has 1 atom stereocenters. The molecule has 0 heterocycles. The molecule has 0 aliphatic heterocycles. The van der Waals surface area contributed by atoms with Crippen LogP contribution < -0.4 is 4.74 Å². The largest absolute Gasteiger partial charge is 0.496 e. The lowest BCUT2D eigenvalue weighted by atomic mass is 10.00. The first-order valence-corrected chi connectivity index (χ1v) is 5.11. The second kappa shape index (κ2) is 4.43. The summed E-state index contributed by atoms with van der Waals surface area (Å²) in [6.07, 6.45) is -1.52. The average Bonchev–Trinajstić information content (AvgIpc) is 2.36. The van der Waals surface area contributed by atoms with E-state index in [0.717, 1.165) is 5.39 Å². The van der Waals surface area contributed by atoms with Crippen LogP contribution in [-0.2, 0) is 4.79 Å². The Balaban J connectivity index is 2.70. The van der Waals surface area contributed by atoms with Gasteiger partial charge in [-0.05, 0) is 17.0 Å². The van der Waals surface area contributed by atoms with Crippen molar-refractivity contribution >= 4 is 16.7 Å². The topological polar surface area (TPSA) is 66.8 Å². The van der Waals surface area contributed by atoms with Gasteiger partial charge in [-0.25, -0.2) is 4.79 Å². The molecular formula is C13H12O4. The third-order valence-electron chi connectivity index (χ3n) is 2.67. The van der Waals surface area contributed by atoms with Crippen LogP contribution in [0.15, 0.2) is 36.4 Å². The molecule has 0 fully saturated rings. The van der Waals surface area contributed by atoms with Gasteiger partial charge in [-0.2, -0.15) is 0 Å². The molecule has 0 radical (unpaired) electrons. The lowest BCUT2D eigenvalue weighted by Crippen LogP contribution is -2.10. The Hall–Kier alpha value is -2.07. The zero-order chi connectivity index (χ0) is 12.4. The summed E-state index contributed by atoms with van der Waals surface area (Å²) in [5.74, 6) is -0.609. The molecule has 17 heavy (non-hydrogen) atoms. The number of aliphatic hydroxyl groups excluding tert-OH is 1. The molecule has 0 aromatic heterocycles. The van der Waals surface area contributed by atoms with Gasteiger partial charge in [0.25, 0.3) is 0 Å². The minimum absolute atomic E-state index is 0.369. The number of methoxy groups -OCH3 is 1. The van der Waals surface area contributed by atoms with Crippen LogP contribution in [0.4, 0.5) is 0 Å². The van der Waals surface area contributed by atoms with Crippen molar-refractivity contribution in [2.45, 2.75) is 6.10 Å². The van der Waals surface area contributed by atoms with Gasteiger partial charge in [0.1, 0.15) is 5.75 Å². The highest BCUT2D eigenvalue weighted by Crippen LogP contribution is 2.31. The van der Waals surface area contributed by atoms with Crippen molar-refractivity contribution in [2.24, 2.45) is 0 Å². The minimum atomic E-state index is -1.52. The second-order valence-corrected chi connectivity index (χ2v) is 3.64. The third-order valence-corrected chi connectivity index (χ3v) is 2.67. The van der Waals surface area contributed by atoms with Gasteiger partial charge in [0.15, 0.2) is 6.10 Å². The van der Waals surface area contributed by atoms with Crippen molar-refractivity contribution in [1.82, 2.24) is 0 Å². The number of fused-ring (bicyclic) bond motifs is 1. The fraction of sp³-hybridized carbons (Fsp3) is 0.154. The molecule has 4 heteroatoms. The Morgan fingerprint density at radius 3 is 2.41 bits per heavy atom. The number of hydrogen-bond acceptors (Lipinski definition) is 3. The molecule has 2 aromatic carbocycles. The number of benzene rings is 2. The van der Waals surface area contributed by atoms with Crippen LogP contribution in [0.1, 0.15) is 11.7 Å². The summed E-state index contributed by atoms with van der Waals surface area (Å²) in [4.78, 5) is 10.8. The molecule has 0 aliphatic rings. The van der Waals surface area contributed by atoms with Crippen LogP contribution in [0.5, 0.6) is 5.75 Å². The van der Waals surface area contributed by atoms with Crippen LogP contribution in [0.2, 0.25) is 0 Å². The molecule has 2 N–H and O–H groups in total. The maximum absolute atomic E-state index is 10.8. The smallest absolute Gasteiger partial charge is 0.337 e. The normalized spacial score (nSPS) is 12.4. The van der Waals surface area contributed by atoms with E-state index in [1.165, 1.54) is 0 Å². The molecule has 2 aromatic rings. The molecule has 0 spiro atoms. The van der Waals surface area contributed by atoms with Crippen LogP contribution in [0, 0.1) is 0 Å². The Bertz CT molecular complexity index is 562. The minimum Gasteiger partial charge on any atom is -0.496 e. The molecule has 0 aliphatic carbocycles. The van der Waals surface area contributed by atoms with Crippen LogP contribution >= 0.6 is 0 Å². The Labute approximate surface area is 98.1 Å². The number of hydrogen-bond donors (Lipinski definition) is 2. The highest BCUT2D eigenvalue weighted by Gasteiger charge is 2.19. The molecule has 0 bridgehead atoms. The second-order valence-electron chi connectivity index (χ2n) is 3.64. The zero-order valence-corrected chi connectivity index (χ0v) is 9.25. The van der Waals surface area contributed by atoms with Crippen LogP contribution in [-0.4, -0.2) is 23.3 Å². The summed E-state index contributed by atoms with van der Waals surface area (Å²) in [6, 6.07) is 10.4. The predicted molar refractivity (Wildman–Crippen MR) is 63.1 cm³/mol. The molecular weight excluding hydrogens is 220 g/mol. The Morgan fingerprint density at radius 1 is 1.18 bits per heavy atom. The Kier molecular flexibility index (Phi) is 2.97. The highest BCUT2D eigenvalue weighted by molar-refractivity contribution is 5.94. The summed E-state index contributed by atoms with van der Waals surface area (Å²) in [6.45, 7) is 0. The predicted octanol–water partition coefficient (Wildman–Crippen LogP) is 1.97. The molecule has 2 rings (SSSR count). The number of aliphatic hydroxyl groups is 1. The van der Waals surface area contributed by atoms with Gasteiger partial charge in [-0.3, -0.25) is 0 Å². The van der Waals surface area contributed by atoms with E-state index in [2.05, 4.69) is 0 Å². The summed E-state index contributed by atoms with van der Waals surface area (Å²) >= 11 is 0. The van der Waals surface area contributed by atoms with E-state index in [4.69, 9.17) is 9.84 Å². The first kappa shape index (κ1) is 11.4. The Morgan fingerprint density at radius 2 is 1.82 bits per heavy atom. The van der Waals surface area contributed by atoms with Gasteiger partial charge in [-0.15, -0.1) is 0 Å². The standard InChI is InChI=1S/C13H12O4/c1-17-11-7-6-10(12(14)13(15)16)8-4-2-3-5-9(8)11/h2-7,12,14H,1H3,(H,15,16)/t12-/m0/s1. The van der Waals surface area contributed by atoms with Gasteiger partial charge in [0.05, 0.1) is 7.11 Å². The van der Waals surface area contributed by atoms with Crippen molar-refractivity contribution < 1.29 is 19.7 Å². The van der Waals surface area contributed by atoms with Gasteiger partial charge < -0.3 is 14.9 Å². The van der Waals surface area contributed by atoms with Gasteiger partial charge in [-0.1, -0.05) is 30.3 Å². The SMILES string of the molecule is COc1ccc([C@H](O)C(=O)O)c2ccccc12. The zero-order valence-electron chi connectivity index (χ0n) is 9.25. The number of carbonyl (C=O) groups is 1. The molecule has 4 nitrogen and oxygen atoms in total. The molecule has 0 saturated carbocycles. The number of rotatable bonds is 3. The molecule has 0 saturated heterocycles. The van der Waals surface area contributed by atoms with Gasteiger partial charge in [0.2, 0.25) is 0 Å². The van der Waals surface area contributed by atoms with E-state index in [-0.39, 0.29) is 0 Å². The summed E-state index contributed by atoms with van der Waals surface area (Å²) in [5.41, 5.74) is 0.369. The van der Waals surface area contributed by atoms with E-state index in [0.29, 0.717) is 16.7 Å². The summed E-state index contributed by atoms with van der Waals surface area (Å²) in [5, 5.41) is 19.9. The maximum atomic E-state index is 10.8. The average molecular weight is 232 g/mol. The number of carboxylic acid groups (broad SMARTS) is 1. The third kappa shape index (κ3) is 1.94. The monoisotopic (exact) mass is 232 g/mol. The van der Waals surface area contributed by atoms with Crippen molar-refractivity contribution in [3.05, 3.63) is 42.0 Å². The number of carboxylic acids is 1. The van der Waals surface area contributed by atoms with Gasteiger partial charge in [0, 0.05) is 5.39 Å². The van der Waals surface area contributed by atoms with E-state index in [9.17, 15) is 9.90 Å². The first-order chi connectivity index (χ1) is 8.15. The maximum Gasteiger partial charge on any atom is 0.337 e. The highest BCUT2D eigenvalue weighted by atomic mass is 16.5. The van der Waals surface area contributed by atoms with E-state index < -0.39 is 12.1 Å². The fourth-order valence-electron chi connectivity index (χ4n) is 1.84. The summed E-state index contributed by atoms with van der Waals surface area (Å²) in [7, 11) is 1.55. The fourth-order valence-corrected chi connectivity index (χ4v) is 1.84. The lowest BCUT2D eigenvalue weighted by Gasteiger charge is -2.12. The van der Waals surface area contributed by atoms with E-state index in [1.807, 2.05) is 12.1 Å². The molecule has 0 unspecified atom stereocenters. The van der Waals surface area contributed by atoms with E-state index in [1.54, 1.807) is 31.4 Å².